The fourth-order valence-corrected chi connectivity index (χ4v) is 5.72. The minimum atomic E-state index is -1.93. The van der Waals surface area contributed by atoms with Crippen LogP contribution in [0.25, 0.3) is 0 Å². The van der Waals surface area contributed by atoms with E-state index in [-0.39, 0.29) is 12.4 Å². The number of hydrogen-bond donors (Lipinski definition) is 3. The first kappa shape index (κ1) is 22.7. The van der Waals surface area contributed by atoms with Crippen molar-refractivity contribution in [1.82, 2.24) is 0 Å². The first-order valence-corrected chi connectivity index (χ1v) is 11.1. The molecular formula is C25H26BrNO5. The van der Waals surface area contributed by atoms with Crippen molar-refractivity contribution in [2.24, 2.45) is 10.9 Å². The van der Waals surface area contributed by atoms with E-state index in [4.69, 9.17) is 9.47 Å². The van der Waals surface area contributed by atoms with E-state index in [1.807, 2.05) is 54.6 Å². The van der Waals surface area contributed by atoms with Gasteiger partial charge < -0.3 is 24.8 Å². The first-order valence-electron chi connectivity index (χ1n) is 10.3. The molecule has 32 heavy (non-hydrogen) atoms. The van der Waals surface area contributed by atoms with Crippen LogP contribution in [0.2, 0.25) is 0 Å². The number of fused-ring (bicyclic) bond motifs is 1. The Hall–Kier alpha value is -2.45. The highest BCUT2D eigenvalue weighted by Crippen LogP contribution is 2.67. The third-order valence-corrected chi connectivity index (χ3v) is 7.16. The van der Waals surface area contributed by atoms with Gasteiger partial charge in [0.1, 0.15) is 11.5 Å². The lowest BCUT2D eigenvalue weighted by Gasteiger charge is -2.42. The molecule has 1 saturated carbocycles. The molecule has 2 aromatic carbocycles. The second kappa shape index (κ2) is 8.48. The van der Waals surface area contributed by atoms with E-state index >= 15 is 0 Å². The zero-order chi connectivity index (χ0) is 23.1. The number of halogens is 1. The Kier molecular flexibility index (Phi) is 6.02. The van der Waals surface area contributed by atoms with Gasteiger partial charge in [-0.1, -0.05) is 58.4 Å². The minimum absolute atomic E-state index is 0.239. The number of hydrogen-bond acceptors (Lipinski definition) is 6. The summed E-state index contributed by atoms with van der Waals surface area (Å²) in [5.41, 5.74) is -1.54. The molecule has 5 atom stereocenters. The molecule has 0 spiro atoms. The molecule has 3 N–H and O–H groups in total. The molecular weight excluding hydrogens is 474 g/mol. The van der Waals surface area contributed by atoms with Gasteiger partial charge in [-0.15, -0.1) is 0 Å². The summed E-state index contributed by atoms with van der Waals surface area (Å²) < 4.78 is 13.0. The summed E-state index contributed by atoms with van der Waals surface area (Å²) in [6.45, 7) is 4.87. The highest BCUT2D eigenvalue weighted by molar-refractivity contribution is 9.10. The molecule has 0 bridgehead atoms. The minimum Gasteiger partial charge on any atom is -0.495 e. The van der Waals surface area contributed by atoms with Crippen LogP contribution in [0.3, 0.4) is 0 Å². The quantitative estimate of drug-likeness (QED) is 0.416. The second-order valence-electron chi connectivity index (χ2n) is 8.10. The highest BCUT2D eigenvalue weighted by atomic mass is 79.9. The molecule has 1 aliphatic heterocycles. The van der Waals surface area contributed by atoms with E-state index < -0.39 is 29.1 Å². The van der Waals surface area contributed by atoms with E-state index in [0.29, 0.717) is 16.9 Å². The molecule has 1 aliphatic carbocycles. The van der Waals surface area contributed by atoms with Crippen molar-refractivity contribution >= 4 is 22.6 Å². The molecule has 0 aromatic heterocycles. The fraction of sp³-hybridized carbons (Fsp3) is 0.320. The van der Waals surface area contributed by atoms with Crippen LogP contribution in [-0.2, 0) is 15.1 Å². The van der Waals surface area contributed by atoms with Crippen molar-refractivity contribution in [3.63, 3.8) is 0 Å². The maximum atomic E-state index is 12.4. The smallest absolute Gasteiger partial charge is 0.176 e. The van der Waals surface area contributed by atoms with Crippen molar-refractivity contribution < 1.29 is 24.8 Å². The van der Waals surface area contributed by atoms with Gasteiger partial charge in [0, 0.05) is 22.9 Å². The predicted octanol–water partition coefficient (Wildman–Crippen LogP) is 3.63. The van der Waals surface area contributed by atoms with Gasteiger partial charge in [0.25, 0.3) is 0 Å². The zero-order valence-electron chi connectivity index (χ0n) is 17.9. The average molecular weight is 500 g/mol. The van der Waals surface area contributed by atoms with Crippen molar-refractivity contribution in [3.8, 4) is 0 Å². The van der Waals surface area contributed by atoms with Gasteiger partial charge in [0.15, 0.2) is 11.2 Å². The van der Waals surface area contributed by atoms with Gasteiger partial charge in [-0.3, -0.25) is 4.99 Å². The predicted molar refractivity (Wildman–Crippen MR) is 125 cm³/mol. The summed E-state index contributed by atoms with van der Waals surface area (Å²) in [7, 11) is 1.46. The Morgan fingerprint density at radius 2 is 1.88 bits per heavy atom. The Morgan fingerprint density at radius 1 is 1.22 bits per heavy atom. The normalized spacial score (nSPS) is 31.9. The van der Waals surface area contributed by atoms with Gasteiger partial charge in [-0.2, -0.15) is 0 Å². The zero-order valence-corrected chi connectivity index (χ0v) is 19.5. The summed E-state index contributed by atoms with van der Waals surface area (Å²) in [5, 5.41) is 34.4. The lowest BCUT2D eigenvalue weighted by Crippen LogP contribution is -2.54. The molecule has 6 nitrogen and oxygen atoms in total. The number of ether oxygens (including phenoxy) is 2. The Balaban J connectivity index is 2.06. The number of allylic oxidation sites excluding steroid dienone is 1. The molecule has 4 rings (SSSR count). The molecule has 0 unspecified atom stereocenters. The van der Waals surface area contributed by atoms with E-state index in [0.717, 1.165) is 10.0 Å². The van der Waals surface area contributed by atoms with Crippen LogP contribution in [0.15, 0.2) is 87.4 Å². The van der Waals surface area contributed by atoms with Crippen molar-refractivity contribution in [1.29, 1.82) is 0 Å². The number of aliphatic hydroxyl groups excluding tert-OH is 2. The molecule has 168 valence electrons. The van der Waals surface area contributed by atoms with Gasteiger partial charge in [-0.05, 0) is 36.9 Å². The van der Waals surface area contributed by atoms with Gasteiger partial charge >= 0.3 is 0 Å². The molecule has 1 fully saturated rings. The van der Waals surface area contributed by atoms with Crippen molar-refractivity contribution in [2.75, 3.05) is 13.7 Å². The Labute approximate surface area is 195 Å². The second-order valence-corrected chi connectivity index (χ2v) is 9.02. The van der Waals surface area contributed by atoms with Gasteiger partial charge in [0.2, 0.25) is 0 Å². The lowest BCUT2D eigenvalue weighted by atomic mass is 9.70. The van der Waals surface area contributed by atoms with E-state index in [2.05, 4.69) is 27.6 Å². The van der Waals surface area contributed by atoms with Crippen LogP contribution < -0.4 is 0 Å². The standard InChI is InChI=1S/C25H26BrNO5/c1-15-21(20(31-3)13-27-2)24(30)23(29)19(14-28)22(16-7-5-4-6-8-16)25(24,32-15)17-9-11-18(26)12-10-17/h4-13,19,22-23,28-30H,2,14H2,1,3H3/b20-13+/t19-,22-,23-,24+,25+/m1/s1. The maximum Gasteiger partial charge on any atom is 0.176 e. The lowest BCUT2D eigenvalue weighted by molar-refractivity contribution is -0.142. The summed E-state index contributed by atoms with van der Waals surface area (Å²) in [4.78, 5) is 3.80. The summed E-state index contributed by atoms with van der Waals surface area (Å²) in [6.07, 6.45) is 0.0334. The molecule has 0 amide bonds. The number of aliphatic hydroxyl groups is 3. The topological polar surface area (TPSA) is 91.5 Å². The summed E-state index contributed by atoms with van der Waals surface area (Å²) in [5.74, 6) is -0.618. The third kappa shape index (κ3) is 2.99. The molecule has 1 heterocycles. The average Bonchev–Trinajstić information content (AvgIpc) is 3.14. The van der Waals surface area contributed by atoms with Crippen molar-refractivity contribution in [3.05, 3.63) is 93.5 Å². The number of methoxy groups -OCH3 is 1. The Morgan fingerprint density at radius 3 is 2.44 bits per heavy atom. The molecule has 2 aliphatic rings. The fourth-order valence-electron chi connectivity index (χ4n) is 5.45. The van der Waals surface area contributed by atoms with Crippen molar-refractivity contribution in [2.45, 2.75) is 30.1 Å². The van der Waals surface area contributed by atoms with Crippen LogP contribution in [-0.4, -0.2) is 47.5 Å². The molecule has 7 heteroatoms. The van der Waals surface area contributed by atoms with Crippen LogP contribution in [0, 0.1) is 5.92 Å². The largest absolute Gasteiger partial charge is 0.495 e. The van der Waals surface area contributed by atoms with Gasteiger partial charge in [0.05, 0.1) is 25.0 Å². The van der Waals surface area contributed by atoms with Crippen LogP contribution >= 0.6 is 15.9 Å². The van der Waals surface area contributed by atoms with E-state index in [9.17, 15) is 15.3 Å². The summed E-state index contributed by atoms with van der Waals surface area (Å²) >= 11 is 3.46. The van der Waals surface area contributed by atoms with Crippen LogP contribution in [0.5, 0.6) is 0 Å². The monoisotopic (exact) mass is 499 g/mol. The van der Waals surface area contributed by atoms with E-state index in [1.165, 1.54) is 13.3 Å². The molecule has 0 radical (unpaired) electrons. The maximum absolute atomic E-state index is 12.4. The van der Waals surface area contributed by atoms with Crippen LogP contribution in [0.1, 0.15) is 24.0 Å². The van der Waals surface area contributed by atoms with E-state index in [1.54, 1.807) is 6.92 Å². The van der Waals surface area contributed by atoms with Gasteiger partial charge in [-0.25, -0.2) is 0 Å². The number of benzene rings is 2. The Bertz CT molecular complexity index is 1070. The number of nitrogens with zero attached hydrogens (tertiary/aromatic N) is 1. The SMILES string of the molecule is C=N/C=C(/OC)C1=C(C)O[C@@]2(c3ccc(Br)cc3)[C@H](c3ccccc3)[C@@H](CO)[C@@H](O)[C@@]12O. The molecule has 0 saturated heterocycles. The number of aliphatic imine (C=N–C) groups is 1. The highest BCUT2D eigenvalue weighted by Gasteiger charge is 2.76. The van der Waals surface area contributed by atoms with Crippen LogP contribution in [0.4, 0.5) is 0 Å². The number of rotatable bonds is 6. The third-order valence-electron chi connectivity index (χ3n) is 6.63. The first-order chi connectivity index (χ1) is 15.4. The molecule has 2 aromatic rings. The summed E-state index contributed by atoms with van der Waals surface area (Å²) in [6, 6.07) is 16.9.